The van der Waals surface area contributed by atoms with Crippen LogP contribution in [0.1, 0.15) is 23.3 Å². The molecule has 0 bridgehead atoms. The minimum Gasteiger partial charge on any atom is -0.487 e. The quantitative estimate of drug-likeness (QED) is 0.745. The molecule has 2 aliphatic rings. The number of carbonyl (C=O) groups excluding carboxylic acids is 1. The van der Waals surface area contributed by atoms with Gasteiger partial charge in [-0.3, -0.25) is 4.79 Å². The first-order valence-corrected chi connectivity index (χ1v) is 8.98. The van der Waals surface area contributed by atoms with Crippen molar-refractivity contribution >= 4 is 22.6 Å². The van der Waals surface area contributed by atoms with Gasteiger partial charge in [-0.15, -0.1) is 0 Å². The molecule has 7 nitrogen and oxygen atoms in total. The van der Waals surface area contributed by atoms with Crippen LogP contribution in [-0.2, 0) is 4.74 Å². The molecule has 27 heavy (non-hydrogen) atoms. The highest BCUT2D eigenvalue weighted by molar-refractivity contribution is 5.97. The molecule has 3 heterocycles. The highest BCUT2D eigenvalue weighted by atomic mass is 19.1. The molecule has 0 radical (unpaired) electrons. The molecule has 2 aliphatic heterocycles. The first-order valence-electron chi connectivity index (χ1n) is 8.98. The van der Waals surface area contributed by atoms with Gasteiger partial charge in [-0.1, -0.05) is 0 Å². The first kappa shape index (κ1) is 17.8. The first-order chi connectivity index (χ1) is 12.9. The lowest BCUT2D eigenvalue weighted by Crippen LogP contribution is -2.45. The second-order valence-electron chi connectivity index (χ2n) is 7.15. The van der Waals surface area contributed by atoms with Crippen LogP contribution in [0, 0.1) is 5.82 Å². The maximum atomic E-state index is 15.1. The van der Waals surface area contributed by atoms with Crippen LogP contribution >= 0.6 is 0 Å². The van der Waals surface area contributed by atoms with Crippen LogP contribution in [0.2, 0.25) is 0 Å². The van der Waals surface area contributed by atoms with Crippen LogP contribution in [0.25, 0.3) is 10.9 Å². The maximum absolute atomic E-state index is 15.1. The van der Waals surface area contributed by atoms with Crippen molar-refractivity contribution in [2.45, 2.75) is 13.0 Å². The highest BCUT2D eigenvalue weighted by Crippen LogP contribution is 2.42. The molecule has 1 aromatic carbocycles. The van der Waals surface area contributed by atoms with Crippen molar-refractivity contribution in [3.63, 3.8) is 0 Å². The van der Waals surface area contributed by atoms with Gasteiger partial charge >= 0.3 is 5.97 Å². The van der Waals surface area contributed by atoms with Gasteiger partial charge in [-0.25, -0.2) is 9.18 Å². The molecule has 0 saturated carbocycles. The zero-order valence-electron chi connectivity index (χ0n) is 15.6. The van der Waals surface area contributed by atoms with Gasteiger partial charge in [0.05, 0.1) is 24.1 Å². The number of rotatable bonds is 2. The van der Waals surface area contributed by atoms with Gasteiger partial charge < -0.3 is 23.8 Å². The van der Waals surface area contributed by atoms with Gasteiger partial charge in [0.1, 0.15) is 17.9 Å². The standard InChI is InChI=1S/C19H22FN3O4/c1-11-10-27-18-15-12(17(24)13(9-23(11)15)19(25)26-3)8-14(20)16(18)22-6-4-21(2)5-7-22/h8-9,11H,4-7,10H2,1-3H3/t11-/m0/s1/i2-1. The number of ether oxygens (including phenoxy) is 2. The molecular formula is C19H22FN3O4. The summed E-state index contributed by atoms with van der Waals surface area (Å²) >= 11 is 0. The predicted octanol–water partition coefficient (Wildman–Crippen LogP) is 1.63. The summed E-state index contributed by atoms with van der Waals surface area (Å²) in [7, 11) is 3.25. The van der Waals surface area contributed by atoms with Crippen molar-refractivity contribution in [2.75, 3.05) is 51.8 Å². The van der Waals surface area contributed by atoms with Crippen molar-refractivity contribution in [1.82, 2.24) is 9.47 Å². The second-order valence-corrected chi connectivity index (χ2v) is 7.15. The molecular weight excluding hydrogens is 352 g/mol. The van der Waals surface area contributed by atoms with Gasteiger partial charge in [0.2, 0.25) is 5.43 Å². The van der Waals surface area contributed by atoms with E-state index in [1.165, 1.54) is 19.4 Å². The number of nitrogens with zero attached hydrogens (tertiary/aromatic N) is 3. The van der Waals surface area contributed by atoms with E-state index in [2.05, 4.69) is 4.90 Å². The molecule has 0 amide bonds. The fraction of sp³-hybridized carbons (Fsp3) is 0.474. The minimum absolute atomic E-state index is 0.101. The van der Waals surface area contributed by atoms with E-state index >= 15 is 4.39 Å². The molecule has 1 fully saturated rings. The molecule has 0 unspecified atom stereocenters. The van der Waals surface area contributed by atoms with Gasteiger partial charge in [-0.2, -0.15) is 0 Å². The summed E-state index contributed by atoms with van der Waals surface area (Å²) in [5, 5.41) is 0.134. The maximum Gasteiger partial charge on any atom is 0.343 e. The minimum atomic E-state index is -0.727. The van der Waals surface area contributed by atoms with Gasteiger partial charge in [0, 0.05) is 32.4 Å². The monoisotopic (exact) mass is 374 g/mol. The van der Waals surface area contributed by atoms with E-state index in [1.807, 2.05) is 23.4 Å². The molecule has 4 rings (SSSR count). The summed E-state index contributed by atoms with van der Waals surface area (Å²) in [6.07, 6.45) is 1.50. The number of benzene rings is 1. The van der Waals surface area contributed by atoms with E-state index in [-0.39, 0.29) is 17.0 Å². The summed E-state index contributed by atoms with van der Waals surface area (Å²) in [4.78, 5) is 29.0. The Morgan fingerprint density at radius 1 is 1.30 bits per heavy atom. The number of methoxy groups -OCH3 is 1. The third-order valence-electron chi connectivity index (χ3n) is 5.37. The number of hydrogen-bond acceptors (Lipinski definition) is 6. The van der Waals surface area contributed by atoms with Crippen molar-refractivity contribution in [3.05, 3.63) is 33.9 Å². The van der Waals surface area contributed by atoms with E-state index in [0.717, 1.165) is 13.1 Å². The van der Waals surface area contributed by atoms with Crippen molar-refractivity contribution < 1.29 is 18.7 Å². The third kappa shape index (κ3) is 2.75. The molecule has 1 aromatic heterocycles. The topological polar surface area (TPSA) is 64.0 Å². The van der Waals surface area contributed by atoms with E-state index in [9.17, 15) is 9.59 Å². The molecule has 144 valence electrons. The van der Waals surface area contributed by atoms with Crippen molar-refractivity contribution in [3.8, 4) is 5.75 Å². The normalized spacial score (nSPS) is 19.9. The summed E-state index contributed by atoms with van der Waals surface area (Å²) < 4.78 is 27.5. The zero-order valence-corrected chi connectivity index (χ0v) is 15.6. The Kier molecular flexibility index (Phi) is 4.30. The number of hydrogen-bond donors (Lipinski definition) is 0. The lowest BCUT2D eigenvalue weighted by Gasteiger charge is -2.37. The smallest absolute Gasteiger partial charge is 0.343 e. The SMILES string of the molecule is COC(=O)c1cn2c3c(c(N4CCN([11CH3])CC4)c(F)cc3c1=O)OC[C@@H]2C. The summed E-state index contributed by atoms with van der Waals surface area (Å²) in [6.45, 7) is 5.25. The molecule has 0 N–H and O–H groups in total. The number of aromatic nitrogens is 1. The Morgan fingerprint density at radius 2 is 2.00 bits per heavy atom. The average molecular weight is 374 g/mol. The van der Waals surface area contributed by atoms with Crippen LogP contribution in [0.15, 0.2) is 17.1 Å². The summed E-state index contributed by atoms with van der Waals surface area (Å²) in [5.74, 6) is -0.863. The van der Waals surface area contributed by atoms with Crippen LogP contribution in [0.5, 0.6) is 5.75 Å². The van der Waals surface area contributed by atoms with E-state index in [0.29, 0.717) is 36.6 Å². The van der Waals surface area contributed by atoms with Crippen LogP contribution in [0.3, 0.4) is 0 Å². The number of anilines is 1. The Labute approximate surface area is 155 Å². The number of piperazine rings is 1. The number of likely N-dealkylation sites (N-methyl/N-ethyl adjacent to an activating group) is 1. The van der Waals surface area contributed by atoms with Crippen molar-refractivity contribution in [1.29, 1.82) is 0 Å². The van der Waals surface area contributed by atoms with E-state index in [4.69, 9.17) is 9.47 Å². The molecule has 1 atom stereocenters. The molecule has 0 spiro atoms. The van der Waals surface area contributed by atoms with E-state index < -0.39 is 17.2 Å². The molecule has 1 saturated heterocycles. The number of halogens is 1. The highest BCUT2D eigenvalue weighted by Gasteiger charge is 2.31. The Bertz CT molecular complexity index is 979. The molecule has 2 aromatic rings. The zero-order chi connectivity index (χ0) is 19.3. The lowest BCUT2D eigenvalue weighted by atomic mass is 10.1. The summed E-state index contributed by atoms with van der Waals surface area (Å²) in [6, 6.07) is 1.12. The number of carbonyl (C=O) groups is 1. The predicted molar refractivity (Wildman–Crippen MR) is 99.4 cm³/mol. The van der Waals surface area contributed by atoms with Gasteiger partial charge in [0.25, 0.3) is 0 Å². The summed E-state index contributed by atoms with van der Waals surface area (Å²) in [5.41, 5.74) is 0.274. The average Bonchev–Trinajstić information content (AvgIpc) is 2.66. The molecule has 8 heteroatoms. The van der Waals surface area contributed by atoms with Crippen LogP contribution in [0.4, 0.5) is 10.1 Å². The largest absolute Gasteiger partial charge is 0.487 e. The number of esters is 1. The second kappa shape index (κ2) is 6.53. The molecule has 0 aliphatic carbocycles. The third-order valence-corrected chi connectivity index (χ3v) is 5.37. The Hall–Kier alpha value is -2.61. The van der Waals surface area contributed by atoms with Crippen LogP contribution in [-0.4, -0.2) is 62.4 Å². The van der Waals surface area contributed by atoms with Gasteiger partial charge in [-0.05, 0) is 20.0 Å². The Morgan fingerprint density at radius 3 is 2.67 bits per heavy atom. The lowest BCUT2D eigenvalue weighted by molar-refractivity contribution is 0.0598. The fourth-order valence-electron chi connectivity index (χ4n) is 3.79. The fourth-order valence-corrected chi connectivity index (χ4v) is 3.79. The Balaban J connectivity index is 1.99. The van der Waals surface area contributed by atoms with Crippen LogP contribution < -0.4 is 15.1 Å². The number of pyridine rings is 1. The van der Waals surface area contributed by atoms with Crippen molar-refractivity contribution in [2.24, 2.45) is 0 Å². The van der Waals surface area contributed by atoms with Gasteiger partial charge in [0.15, 0.2) is 11.6 Å². The van der Waals surface area contributed by atoms with E-state index in [1.54, 1.807) is 0 Å².